The highest BCUT2D eigenvalue weighted by Gasteiger charge is 2.22. The third-order valence-corrected chi connectivity index (χ3v) is 5.77. The molecule has 0 amide bonds. The summed E-state index contributed by atoms with van der Waals surface area (Å²) < 4.78 is 16.3. The Bertz CT molecular complexity index is 789. The number of aromatic nitrogens is 1. The second-order valence-corrected chi connectivity index (χ2v) is 7.06. The van der Waals surface area contributed by atoms with Gasteiger partial charge in [0.05, 0.1) is 26.3 Å². The van der Waals surface area contributed by atoms with Crippen LogP contribution in [0.4, 0.5) is 5.69 Å². The second kappa shape index (κ2) is 9.51. The van der Waals surface area contributed by atoms with Crippen LogP contribution in [-0.4, -0.2) is 38.3 Å². The van der Waals surface area contributed by atoms with E-state index in [0.717, 1.165) is 10.5 Å². The number of nitro groups is 1. The first-order chi connectivity index (χ1) is 12.6. The van der Waals surface area contributed by atoms with E-state index < -0.39 is 4.92 Å². The molecule has 1 aromatic heterocycles. The minimum atomic E-state index is -0.445. The molecule has 26 heavy (non-hydrogen) atoms. The fraction of sp³-hybridized carbons (Fsp3) is 0.312. The second-order valence-electron chi connectivity index (χ2n) is 4.90. The Morgan fingerprint density at radius 3 is 2.50 bits per heavy atom. The minimum Gasteiger partial charge on any atom is -0.493 e. The van der Waals surface area contributed by atoms with Gasteiger partial charge >= 0.3 is 5.69 Å². The molecular weight excluding hydrogens is 378 g/mol. The van der Waals surface area contributed by atoms with Crippen molar-refractivity contribution in [3.05, 3.63) is 40.1 Å². The summed E-state index contributed by atoms with van der Waals surface area (Å²) in [5.41, 5.74) is 0.830. The summed E-state index contributed by atoms with van der Waals surface area (Å²) in [6, 6.07) is 4.79. The smallest absolute Gasteiger partial charge is 0.302 e. The van der Waals surface area contributed by atoms with E-state index in [4.69, 9.17) is 14.2 Å². The maximum atomic E-state index is 11.2. The summed E-state index contributed by atoms with van der Waals surface area (Å²) in [6.45, 7) is 0.525. The third kappa shape index (κ3) is 4.32. The van der Waals surface area contributed by atoms with E-state index in [1.807, 2.05) is 13.1 Å². The highest BCUT2D eigenvalue weighted by atomic mass is 33.1. The molecule has 1 heterocycles. The monoisotopic (exact) mass is 397 g/mol. The number of hydrogen-bond donors (Lipinski definition) is 1. The first-order valence-corrected chi connectivity index (χ1v) is 9.62. The number of ether oxygens (including phenoxy) is 3. The van der Waals surface area contributed by atoms with Gasteiger partial charge in [-0.1, -0.05) is 10.8 Å². The molecule has 0 saturated heterocycles. The lowest BCUT2D eigenvalue weighted by atomic mass is 10.1. The van der Waals surface area contributed by atoms with Crippen molar-refractivity contribution in [2.75, 3.05) is 28.4 Å². The standard InChI is InChI=1S/C16H19N3O5S2/c1-17-9-10-13(8-12(22-2)15(24-4)14(10)23-3)25-26-16-11(19(20)21)6-5-7-18-16/h5-8,17H,9H2,1-4H3. The summed E-state index contributed by atoms with van der Waals surface area (Å²) >= 11 is 0. The Morgan fingerprint density at radius 2 is 1.92 bits per heavy atom. The van der Waals surface area contributed by atoms with Gasteiger partial charge in [0.2, 0.25) is 5.75 Å². The fourth-order valence-electron chi connectivity index (χ4n) is 2.28. The summed E-state index contributed by atoms with van der Waals surface area (Å²) in [6.07, 6.45) is 1.53. The van der Waals surface area contributed by atoms with Crippen LogP contribution < -0.4 is 19.5 Å². The molecule has 8 nitrogen and oxygen atoms in total. The Morgan fingerprint density at radius 1 is 1.19 bits per heavy atom. The van der Waals surface area contributed by atoms with Gasteiger partial charge in [-0.05, 0) is 30.0 Å². The molecular formula is C16H19N3O5S2. The number of nitrogens with one attached hydrogen (secondary N) is 1. The number of rotatable bonds is 9. The lowest BCUT2D eigenvalue weighted by molar-refractivity contribution is -0.388. The van der Waals surface area contributed by atoms with Gasteiger partial charge in [0.1, 0.15) is 0 Å². The molecule has 0 aliphatic carbocycles. The van der Waals surface area contributed by atoms with Crippen molar-refractivity contribution in [1.29, 1.82) is 0 Å². The zero-order valence-electron chi connectivity index (χ0n) is 14.8. The van der Waals surface area contributed by atoms with Crippen molar-refractivity contribution in [2.45, 2.75) is 16.5 Å². The highest BCUT2D eigenvalue weighted by molar-refractivity contribution is 8.76. The van der Waals surface area contributed by atoms with E-state index in [0.29, 0.717) is 28.8 Å². The van der Waals surface area contributed by atoms with E-state index in [1.54, 1.807) is 27.4 Å². The van der Waals surface area contributed by atoms with Gasteiger partial charge in [-0.15, -0.1) is 0 Å². The molecule has 0 aliphatic rings. The van der Waals surface area contributed by atoms with Gasteiger partial charge in [-0.3, -0.25) is 10.1 Å². The van der Waals surface area contributed by atoms with Crippen molar-refractivity contribution in [3.63, 3.8) is 0 Å². The molecule has 0 atom stereocenters. The van der Waals surface area contributed by atoms with E-state index in [1.165, 1.54) is 33.9 Å². The topological polar surface area (TPSA) is 95.8 Å². The zero-order chi connectivity index (χ0) is 19.1. The third-order valence-electron chi connectivity index (χ3n) is 3.40. The Labute approximate surface area is 159 Å². The molecule has 1 N–H and O–H groups in total. The van der Waals surface area contributed by atoms with Gasteiger partial charge in [-0.2, -0.15) is 0 Å². The number of methoxy groups -OCH3 is 3. The van der Waals surface area contributed by atoms with Crippen LogP contribution in [0.5, 0.6) is 17.2 Å². The number of hydrogen-bond acceptors (Lipinski definition) is 9. The molecule has 2 rings (SSSR count). The summed E-state index contributed by atoms with van der Waals surface area (Å²) in [4.78, 5) is 15.7. The predicted octanol–water partition coefficient (Wildman–Crippen LogP) is 3.53. The van der Waals surface area contributed by atoms with Gasteiger partial charge in [-0.25, -0.2) is 4.98 Å². The molecule has 10 heteroatoms. The van der Waals surface area contributed by atoms with E-state index in [-0.39, 0.29) is 5.69 Å². The average Bonchev–Trinajstić information content (AvgIpc) is 2.66. The van der Waals surface area contributed by atoms with Gasteiger partial charge in [0.15, 0.2) is 16.5 Å². The normalized spacial score (nSPS) is 10.5. The molecule has 0 fully saturated rings. The van der Waals surface area contributed by atoms with Crippen LogP contribution in [0, 0.1) is 10.1 Å². The lowest BCUT2D eigenvalue weighted by Crippen LogP contribution is -2.09. The molecule has 0 unspecified atom stereocenters. The highest BCUT2D eigenvalue weighted by Crippen LogP contribution is 2.49. The molecule has 1 aromatic carbocycles. The molecule has 0 radical (unpaired) electrons. The van der Waals surface area contributed by atoms with Crippen LogP contribution in [0.2, 0.25) is 0 Å². The van der Waals surface area contributed by atoms with Crippen LogP contribution in [0.25, 0.3) is 0 Å². The maximum Gasteiger partial charge on any atom is 0.302 e. The lowest BCUT2D eigenvalue weighted by Gasteiger charge is -2.19. The quantitative estimate of drug-likeness (QED) is 0.387. The minimum absolute atomic E-state index is 0.0346. The Hall–Kier alpha value is -2.17. The molecule has 140 valence electrons. The van der Waals surface area contributed by atoms with Crippen molar-refractivity contribution in [2.24, 2.45) is 0 Å². The number of benzene rings is 1. The largest absolute Gasteiger partial charge is 0.493 e. The van der Waals surface area contributed by atoms with Gasteiger partial charge in [0, 0.05) is 29.3 Å². The predicted molar refractivity (Wildman–Crippen MR) is 101 cm³/mol. The van der Waals surface area contributed by atoms with Crippen LogP contribution in [0.15, 0.2) is 34.3 Å². The Balaban J connectivity index is 2.44. The van der Waals surface area contributed by atoms with Crippen molar-refractivity contribution >= 4 is 27.3 Å². The van der Waals surface area contributed by atoms with Crippen molar-refractivity contribution in [1.82, 2.24) is 10.3 Å². The van der Waals surface area contributed by atoms with Crippen molar-refractivity contribution < 1.29 is 19.1 Å². The maximum absolute atomic E-state index is 11.2. The fourth-order valence-corrected chi connectivity index (χ4v) is 4.54. The SMILES string of the molecule is CNCc1c(SSc2ncccc2[N+](=O)[O-])cc(OC)c(OC)c1OC. The summed E-state index contributed by atoms with van der Waals surface area (Å²) in [5.74, 6) is 1.57. The molecule has 2 aromatic rings. The molecule has 0 spiro atoms. The number of pyridine rings is 1. The van der Waals surface area contributed by atoms with Crippen molar-refractivity contribution in [3.8, 4) is 17.2 Å². The number of nitrogens with zero attached hydrogens (tertiary/aromatic N) is 2. The van der Waals surface area contributed by atoms with Crippen LogP contribution in [0.3, 0.4) is 0 Å². The van der Waals surface area contributed by atoms with Gasteiger partial charge < -0.3 is 19.5 Å². The summed E-state index contributed by atoms with van der Waals surface area (Å²) in [7, 11) is 9.01. The molecule has 0 bridgehead atoms. The van der Waals surface area contributed by atoms with Gasteiger partial charge in [0.25, 0.3) is 0 Å². The van der Waals surface area contributed by atoms with Crippen LogP contribution in [0.1, 0.15) is 5.56 Å². The van der Waals surface area contributed by atoms with Crippen LogP contribution >= 0.6 is 21.6 Å². The van der Waals surface area contributed by atoms with E-state index in [2.05, 4.69) is 10.3 Å². The Kier molecular flexibility index (Phi) is 7.37. The van der Waals surface area contributed by atoms with E-state index >= 15 is 0 Å². The molecule has 0 aliphatic heterocycles. The zero-order valence-corrected chi connectivity index (χ0v) is 16.4. The first kappa shape index (κ1) is 20.1. The average molecular weight is 397 g/mol. The summed E-state index contributed by atoms with van der Waals surface area (Å²) in [5, 5.41) is 14.6. The first-order valence-electron chi connectivity index (χ1n) is 7.47. The van der Waals surface area contributed by atoms with Crippen LogP contribution in [-0.2, 0) is 6.54 Å². The van der Waals surface area contributed by atoms with E-state index in [9.17, 15) is 10.1 Å². The molecule has 0 saturated carbocycles.